The molecular formula is C21H21Cl2F3N2O7. The van der Waals surface area contributed by atoms with Gasteiger partial charge in [0.15, 0.2) is 5.75 Å². The number of alkyl halides is 3. The normalized spacial score (nSPS) is 16.2. The summed E-state index contributed by atoms with van der Waals surface area (Å²) in [4.78, 5) is 34.5. The Morgan fingerprint density at radius 1 is 1.20 bits per heavy atom. The highest BCUT2D eigenvalue weighted by Crippen LogP contribution is 2.23. The number of carboxylic acids is 1. The van der Waals surface area contributed by atoms with Crippen LogP contribution >= 0.6 is 23.2 Å². The Kier molecular flexibility index (Phi) is 10.4. The van der Waals surface area contributed by atoms with E-state index in [4.69, 9.17) is 47.4 Å². The summed E-state index contributed by atoms with van der Waals surface area (Å²) in [5, 5.41) is 20.1. The van der Waals surface area contributed by atoms with Crippen LogP contribution in [-0.4, -0.2) is 65.5 Å². The number of amides is 1. The van der Waals surface area contributed by atoms with Crippen LogP contribution in [0, 0.1) is 0 Å². The first kappa shape index (κ1) is 28.4. The van der Waals surface area contributed by atoms with Crippen LogP contribution in [0.2, 0.25) is 10.0 Å². The maximum Gasteiger partial charge on any atom is 0.490 e. The summed E-state index contributed by atoms with van der Waals surface area (Å²) in [5.74, 6) is -3.35. The van der Waals surface area contributed by atoms with E-state index >= 15 is 0 Å². The predicted octanol–water partition coefficient (Wildman–Crippen LogP) is 2.85. The van der Waals surface area contributed by atoms with Crippen molar-refractivity contribution in [2.45, 2.75) is 25.2 Å². The van der Waals surface area contributed by atoms with Crippen LogP contribution in [0.25, 0.3) is 0 Å². The molecule has 0 bridgehead atoms. The van der Waals surface area contributed by atoms with Gasteiger partial charge in [0.2, 0.25) is 11.3 Å². The highest BCUT2D eigenvalue weighted by Gasteiger charge is 2.38. The van der Waals surface area contributed by atoms with Gasteiger partial charge in [-0.25, -0.2) is 4.79 Å². The van der Waals surface area contributed by atoms with E-state index in [1.165, 1.54) is 0 Å². The van der Waals surface area contributed by atoms with E-state index in [9.17, 15) is 22.8 Å². The Hall–Kier alpha value is -2.80. The van der Waals surface area contributed by atoms with Gasteiger partial charge in [-0.3, -0.25) is 14.5 Å². The molecule has 1 aromatic carbocycles. The molecule has 1 aliphatic rings. The number of carbonyl (C=O) groups is 2. The molecule has 0 saturated carbocycles. The van der Waals surface area contributed by atoms with Gasteiger partial charge in [0.25, 0.3) is 0 Å². The largest absolute Gasteiger partial charge is 0.502 e. The molecule has 2 aromatic rings. The van der Waals surface area contributed by atoms with Crippen LogP contribution in [0.3, 0.4) is 0 Å². The van der Waals surface area contributed by atoms with Gasteiger partial charge < -0.3 is 24.7 Å². The third-order valence-corrected chi connectivity index (χ3v) is 5.32. The van der Waals surface area contributed by atoms with Gasteiger partial charge in [-0.05, 0) is 17.7 Å². The van der Waals surface area contributed by atoms with E-state index in [-0.39, 0.29) is 24.2 Å². The molecule has 1 amide bonds. The molecule has 1 saturated heterocycles. The molecule has 0 unspecified atom stereocenters. The molecule has 0 spiro atoms. The van der Waals surface area contributed by atoms with Gasteiger partial charge in [-0.2, -0.15) is 13.2 Å². The number of aliphatic carboxylic acids is 1. The number of halogens is 5. The first-order valence-electron chi connectivity index (χ1n) is 10.0. The molecule has 1 aromatic heterocycles. The number of nitrogens with zero attached hydrogens (tertiary/aromatic N) is 1. The summed E-state index contributed by atoms with van der Waals surface area (Å²) < 4.78 is 42.5. The number of carboxylic acid groups (broad SMARTS) is 1. The SMILES string of the molecule is O=C(Cc1cc(=O)c(O)co1)NC[C@H]1CN(Cc2ccc(Cl)c(Cl)c2)CCO1.O=C(O)C(F)(F)F. The Morgan fingerprint density at radius 2 is 1.89 bits per heavy atom. The molecule has 1 aliphatic heterocycles. The molecule has 0 aliphatic carbocycles. The molecule has 3 N–H and O–H groups in total. The van der Waals surface area contributed by atoms with Gasteiger partial charge in [-0.15, -0.1) is 0 Å². The number of morpholine rings is 1. The van der Waals surface area contributed by atoms with Crippen molar-refractivity contribution < 1.29 is 42.1 Å². The number of carbonyl (C=O) groups excluding carboxylic acids is 1. The predicted molar refractivity (Wildman–Crippen MR) is 119 cm³/mol. The Labute approximate surface area is 207 Å². The van der Waals surface area contributed by atoms with Gasteiger partial charge in [0.05, 0.1) is 29.2 Å². The Morgan fingerprint density at radius 3 is 2.49 bits per heavy atom. The summed E-state index contributed by atoms with van der Waals surface area (Å²) in [6.07, 6.45) is -4.39. The average Bonchev–Trinajstić information content (AvgIpc) is 2.77. The Balaban J connectivity index is 0.000000540. The summed E-state index contributed by atoms with van der Waals surface area (Å²) in [7, 11) is 0. The number of benzene rings is 1. The van der Waals surface area contributed by atoms with Crippen molar-refractivity contribution in [2.75, 3.05) is 26.2 Å². The fourth-order valence-corrected chi connectivity index (χ4v) is 3.25. The number of rotatable bonds is 6. The molecular weight excluding hydrogens is 520 g/mol. The molecule has 1 atom stereocenters. The zero-order valence-corrected chi connectivity index (χ0v) is 19.5. The topological polar surface area (TPSA) is 129 Å². The lowest BCUT2D eigenvalue weighted by molar-refractivity contribution is -0.192. The Bertz CT molecular complexity index is 1100. The summed E-state index contributed by atoms with van der Waals surface area (Å²) in [6, 6.07) is 6.66. The standard InChI is InChI=1S/C19H20Cl2N2O5.C2HF3O2/c20-15-2-1-12(5-16(15)21)9-23-3-4-27-14(10-23)8-22-19(26)7-13-6-17(24)18(25)11-28-13;3-2(4,5)1(6)7/h1-2,5-6,11,14,25H,3-4,7-10H2,(H,22,26);(H,6,7)/t14-;/m0./s1. The summed E-state index contributed by atoms with van der Waals surface area (Å²) in [5.41, 5.74) is 0.476. The highest BCUT2D eigenvalue weighted by atomic mass is 35.5. The van der Waals surface area contributed by atoms with Crippen LogP contribution in [0.5, 0.6) is 5.75 Å². The average molecular weight is 541 g/mol. The zero-order valence-electron chi connectivity index (χ0n) is 18.0. The quantitative estimate of drug-likeness (QED) is 0.510. The molecule has 9 nitrogen and oxygen atoms in total. The van der Waals surface area contributed by atoms with Crippen molar-refractivity contribution in [3.63, 3.8) is 0 Å². The van der Waals surface area contributed by atoms with E-state index < -0.39 is 23.3 Å². The smallest absolute Gasteiger partial charge is 0.490 e. The monoisotopic (exact) mass is 540 g/mol. The van der Waals surface area contributed by atoms with Crippen molar-refractivity contribution in [2.24, 2.45) is 0 Å². The van der Waals surface area contributed by atoms with Crippen LogP contribution in [0.15, 0.2) is 39.7 Å². The molecule has 1 fully saturated rings. The lowest BCUT2D eigenvalue weighted by Crippen LogP contribution is -2.47. The first-order valence-corrected chi connectivity index (χ1v) is 10.8. The van der Waals surface area contributed by atoms with Crippen molar-refractivity contribution in [1.29, 1.82) is 0 Å². The maximum atomic E-state index is 12.1. The second-order valence-corrected chi connectivity index (χ2v) is 8.17. The highest BCUT2D eigenvalue weighted by molar-refractivity contribution is 6.42. The molecule has 2 heterocycles. The van der Waals surface area contributed by atoms with E-state index in [0.29, 0.717) is 36.3 Å². The fraction of sp³-hybridized carbons (Fsp3) is 0.381. The van der Waals surface area contributed by atoms with Crippen molar-refractivity contribution in [1.82, 2.24) is 10.2 Å². The van der Waals surface area contributed by atoms with E-state index in [2.05, 4.69) is 10.2 Å². The van der Waals surface area contributed by atoms with Gasteiger partial charge in [0, 0.05) is 32.2 Å². The lowest BCUT2D eigenvalue weighted by Gasteiger charge is -2.33. The second-order valence-electron chi connectivity index (χ2n) is 7.36. The van der Waals surface area contributed by atoms with Crippen molar-refractivity contribution >= 4 is 35.1 Å². The third-order valence-electron chi connectivity index (χ3n) is 4.58. The minimum absolute atomic E-state index is 0.0881. The third kappa shape index (κ3) is 9.76. The first-order chi connectivity index (χ1) is 16.3. The lowest BCUT2D eigenvalue weighted by atomic mass is 10.2. The molecule has 3 rings (SSSR count). The second kappa shape index (κ2) is 12.8. The molecule has 0 radical (unpaired) electrons. The van der Waals surface area contributed by atoms with Crippen LogP contribution < -0.4 is 10.7 Å². The molecule has 14 heteroatoms. The molecule has 35 heavy (non-hydrogen) atoms. The minimum atomic E-state index is -5.08. The van der Waals surface area contributed by atoms with Gasteiger partial charge >= 0.3 is 12.1 Å². The number of hydrogen-bond acceptors (Lipinski definition) is 7. The van der Waals surface area contributed by atoms with Crippen molar-refractivity contribution in [3.05, 3.63) is 62.1 Å². The number of hydrogen-bond donors (Lipinski definition) is 3. The number of nitrogens with one attached hydrogen (secondary N) is 1. The van der Waals surface area contributed by atoms with E-state index in [0.717, 1.165) is 24.4 Å². The van der Waals surface area contributed by atoms with E-state index in [1.807, 2.05) is 12.1 Å². The maximum absolute atomic E-state index is 12.1. The summed E-state index contributed by atoms with van der Waals surface area (Å²) in [6.45, 7) is 3.06. The molecule has 192 valence electrons. The van der Waals surface area contributed by atoms with E-state index in [1.54, 1.807) is 6.07 Å². The van der Waals surface area contributed by atoms with Crippen LogP contribution in [-0.2, 0) is 27.3 Å². The van der Waals surface area contributed by atoms with Crippen LogP contribution in [0.1, 0.15) is 11.3 Å². The fourth-order valence-electron chi connectivity index (χ4n) is 2.93. The number of aromatic hydroxyl groups is 1. The van der Waals surface area contributed by atoms with Gasteiger partial charge in [-0.1, -0.05) is 29.3 Å². The minimum Gasteiger partial charge on any atom is -0.502 e. The summed E-state index contributed by atoms with van der Waals surface area (Å²) >= 11 is 12.0. The zero-order chi connectivity index (χ0) is 26.2. The number of ether oxygens (including phenoxy) is 1. The van der Waals surface area contributed by atoms with Gasteiger partial charge in [0.1, 0.15) is 12.0 Å². The van der Waals surface area contributed by atoms with Crippen molar-refractivity contribution in [3.8, 4) is 5.75 Å². The van der Waals surface area contributed by atoms with Crippen LogP contribution in [0.4, 0.5) is 13.2 Å².